The van der Waals surface area contributed by atoms with Gasteiger partial charge in [-0.15, -0.1) is 11.3 Å². The summed E-state index contributed by atoms with van der Waals surface area (Å²) in [4.78, 5) is 28.5. The number of aromatic nitrogens is 1. The standard InChI is InChI=1S/C19H15FN2O3S/c1-12(25-18(24)14-9-5-6-10-15(14)20)17(23)22-19-21-16(11-26-19)13-7-3-2-4-8-13/h2-12H,1H3,(H,21,22,23)/t12-/m1/s1. The molecule has 0 aliphatic rings. The van der Waals surface area contributed by atoms with E-state index in [1.165, 1.54) is 36.5 Å². The molecule has 0 bridgehead atoms. The first-order valence-corrected chi connectivity index (χ1v) is 8.70. The zero-order valence-electron chi connectivity index (χ0n) is 13.8. The van der Waals surface area contributed by atoms with Crippen LogP contribution in [0.25, 0.3) is 11.3 Å². The van der Waals surface area contributed by atoms with Gasteiger partial charge in [0.25, 0.3) is 5.91 Å². The highest BCUT2D eigenvalue weighted by Crippen LogP contribution is 2.24. The second-order valence-electron chi connectivity index (χ2n) is 5.42. The number of carbonyl (C=O) groups excluding carboxylic acids is 2. The molecular formula is C19H15FN2O3S. The van der Waals surface area contributed by atoms with E-state index in [9.17, 15) is 14.0 Å². The third-order valence-corrected chi connectivity index (χ3v) is 4.31. The van der Waals surface area contributed by atoms with Gasteiger partial charge in [-0.3, -0.25) is 10.1 Å². The number of rotatable bonds is 5. The third-order valence-electron chi connectivity index (χ3n) is 3.55. The monoisotopic (exact) mass is 370 g/mol. The van der Waals surface area contributed by atoms with Crippen LogP contribution in [0.15, 0.2) is 60.0 Å². The minimum absolute atomic E-state index is 0.215. The molecule has 5 nitrogen and oxygen atoms in total. The summed E-state index contributed by atoms with van der Waals surface area (Å²) in [5.41, 5.74) is 1.46. The van der Waals surface area contributed by atoms with E-state index in [2.05, 4.69) is 10.3 Å². The highest BCUT2D eigenvalue weighted by molar-refractivity contribution is 7.14. The Bertz CT molecular complexity index is 927. The Morgan fingerprint density at radius 3 is 2.54 bits per heavy atom. The van der Waals surface area contributed by atoms with Gasteiger partial charge in [0.2, 0.25) is 0 Å². The first kappa shape index (κ1) is 17.8. The average molecular weight is 370 g/mol. The number of hydrogen-bond acceptors (Lipinski definition) is 5. The number of halogens is 1. The molecule has 1 amide bonds. The first-order valence-electron chi connectivity index (χ1n) is 7.82. The Morgan fingerprint density at radius 2 is 1.81 bits per heavy atom. The molecule has 1 N–H and O–H groups in total. The molecule has 1 aromatic heterocycles. The van der Waals surface area contributed by atoms with Crippen LogP contribution in [0.2, 0.25) is 0 Å². The van der Waals surface area contributed by atoms with Crippen molar-refractivity contribution in [2.24, 2.45) is 0 Å². The molecule has 7 heteroatoms. The lowest BCUT2D eigenvalue weighted by atomic mass is 10.2. The van der Waals surface area contributed by atoms with Crippen molar-refractivity contribution < 1.29 is 18.7 Å². The van der Waals surface area contributed by atoms with Crippen molar-refractivity contribution in [1.82, 2.24) is 4.98 Å². The minimum Gasteiger partial charge on any atom is -0.449 e. The molecule has 0 radical (unpaired) electrons. The number of benzene rings is 2. The Morgan fingerprint density at radius 1 is 1.12 bits per heavy atom. The van der Waals surface area contributed by atoms with E-state index in [1.807, 2.05) is 35.7 Å². The van der Waals surface area contributed by atoms with Crippen LogP contribution in [0.3, 0.4) is 0 Å². The van der Waals surface area contributed by atoms with Crippen molar-refractivity contribution >= 4 is 28.3 Å². The predicted molar refractivity (Wildman–Crippen MR) is 97.5 cm³/mol. The molecule has 0 unspecified atom stereocenters. The Kier molecular flexibility index (Phi) is 5.38. The average Bonchev–Trinajstić information content (AvgIpc) is 3.11. The molecular weight excluding hydrogens is 355 g/mol. The fourth-order valence-electron chi connectivity index (χ4n) is 2.18. The zero-order chi connectivity index (χ0) is 18.5. The molecule has 0 fully saturated rings. The number of carbonyl (C=O) groups is 2. The molecule has 0 saturated heterocycles. The normalized spacial score (nSPS) is 11.6. The predicted octanol–water partition coefficient (Wildman–Crippen LogP) is 4.13. The summed E-state index contributed by atoms with van der Waals surface area (Å²) in [7, 11) is 0. The Labute approximate surface area is 153 Å². The number of thiazole rings is 1. The number of esters is 1. The van der Waals surface area contributed by atoms with Gasteiger partial charge < -0.3 is 4.74 Å². The first-order chi connectivity index (χ1) is 12.5. The zero-order valence-corrected chi connectivity index (χ0v) is 14.6. The molecule has 132 valence electrons. The van der Waals surface area contributed by atoms with Crippen LogP contribution in [-0.2, 0) is 9.53 Å². The van der Waals surface area contributed by atoms with Gasteiger partial charge in [0, 0.05) is 10.9 Å². The van der Waals surface area contributed by atoms with E-state index in [4.69, 9.17) is 4.74 Å². The van der Waals surface area contributed by atoms with Gasteiger partial charge in [-0.25, -0.2) is 14.2 Å². The van der Waals surface area contributed by atoms with Crippen molar-refractivity contribution in [3.63, 3.8) is 0 Å². The molecule has 2 aromatic carbocycles. The van der Waals surface area contributed by atoms with Crippen molar-refractivity contribution in [3.05, 3.63) is 71.4 Å². The SMILES string of the molecule is C[C@@H](OC(=O)c1ccccc1F)C(=O)Nc1nc(-c2ccccc2)cs1. The summed E-state index contributed by atoms with van der Waals surface area (Å²) < 4.78 is 18.6. The smallest absolute Gasteiger partial charge is 0.341 e. The summed E-state index contributed by atoms with van der Waals surface area (Å²) in [6.07, 6.45) is -1.09. The van der Waals surface area contributed by atoms with Crippen LogP contribution in [0.1, 0.15) is 17.3 Å². The Hall–Kier alpha value is -3.06. The van der Waals surface area contributed by atoms with E-state index in [-0.39, 0.29) is 5.56 Å². The quantitative estimate of drug-likeness (QED) is 0.686. The van der Waals surface area contributed by atoms with Gasteiger partial charge >= 0.3 is 5.97 Å². The van der Waals surface area contributed by atoms with Crippen LogP contribution in [0.4, 0.5) is 9.52 Å². The van der Waals surface area contributed by atoms with Gasteiger partial charge in [-0.1, -0.05) is 42.5 Å². The minimum atomic E-state index is -1.09. The fraction of sp³-hybridized carbons (Fsp3) is 0.105. The summed E-state index contributed by atoms with van der Waals surface area (Å²) in [6, 6.07) is 15.0. The summed E-state index contributed by atoms with van der Waals surface area (Å²) >= 11 is 1.26. The number of anilines is 1. The van der Waals surface area contributed by atoms with E-state index in [1.54, 1.807) is 0 Å². The summed E-state index contributed by atoms with van der Waals surface area (Å²) in [5, 5.41) is 4.81. The summed E-state index contributed by atoms with van der Waals surface area (Å²) in [5.74, 6) is -2.13. The van der Waals surface area contributed by atoms with Gasteiger partial charge in [0.05, 0.1) is 11.3 Å². The maximum atomic E-state index is 13.6. The number of ether oxygens (including phenoxy) is 1. The maximum absolute atomic E-state index is 13.6. The third kappa shape index (κ3) is 4.12. The van der Waals surface area contributed by atoms with Crippen molar-refractivity contribution in [2.45, 2.75) is 13.0 Å². The lowest BCUT2D eigenvalue weighted by Gasteiger charge is -2.12. The van der Waals surface area contributed by atoms with Crippen LogP contribution < -0.4 is 5.32 Å². The molecule has 0 spiro atoms. The Balaban J connectivity index is 1.62. The summed E-state index contributed by atoms with van der Waals surface area (Å²) in [6.45, 7) is 1.42. The number of nitrogens with one attached hydrogen (secondary N) is 1. The second kappa shape index (κ2) is 7.88. The number of amides is 1. The van der Waals surface area contributed by atoms with Gasteiger partial charge in [0.15, 0.2) is 11.2 Å². The molecule has 1 atom stereocenters. The lowest BCUT2D eigenvalue weighted by molar-refractivity contribution is -0.123. The lowest BCUT2D eigenvalue weighted by Crippen LogP contribution is -2.30. The highest BCUT2D eigenvalue weighted by Gasteiger charge is 2.21. The molecule has 0 saturated carbocycles. The molecule has 3 aromatic rings. The van der Waals surface area contributed by atoms with Crippen LogP contribution >= 0.6 is 11.3 Å². The van der Waals surface area contributed by atoms with E-state index in [0.717, 1.165) is 17.3 Å². The van der Waals surface area contributed by atoms with Gasteiger partial charge in [-0.05, 0) is 19.1 Å². The van der Waals surface area contributed by atoms with Crippen molar-refractivity contribution in [1.29, 1.82) is 0 Å². The van der Waals surface area contributed by atoms with Gasteiger partial charge in [0.1, 0.15) is 5.82 Å². The molecule has 26 heavy (non-hydrogen) atoms. The topological polar surface area (TPSA) is 68.3 Å². The maximum Gasteiger partial charge on any atom is 0.341 e. The van der Waals surface area contributed by atoms with Gasteiger partial charge in [-0.2, -0.15) is 0 Å². The van der Waals surface area contributed by atoms with E-state index in [0.29, 0.717) is 5.13 Å². The number of nitrogens with zero attached hydrogens (tertiary/aromatic N) is 1. The fourth-order valence-corrected chi connectivity index (χ4v) is 2.91. The van der Waals surface area contributed by atoms with E-state index < -0.39 is 23.8 Å². The molecule has 0 aliphatic heterocycles. The van der Waals surface area contributed by atoms with Crippen LogP contribution in [0, 0.1) is 5.82 Å². The second-order valence-corrected chi connectivity index (χ2v) is 6.28. The molecule has 3 rings (SSSR count). The highest BCUT2D eigenvalue weighted by atomic mass is 32.1. The van der Waals surface area contributed by atoms with Crippen LogP contribution in [-0.4, -0.2) is 23.0 Å². The molecule has 1 heterocycles. The number of hydrogen-bond donors (Lipinski definition) is 1. The molecule has 0 aliphatic carbocycles. The van der Waals surface area contributed by atoms with Crippen LogP contribution in [0.5, 0.6) is 0 Å². The largest absolute Gasteiger partial charge is 0.449 e. The van der Waals surface area contributed by atoms with Crippen molar-refractivity contribution in [3.8, 4) is 11.3 Å². The van der Waals surface area contributed by atoms with Crippen molar-refractivity contribution in [2.75, 3.05) is 5.32 Å². The van der Waals surface area contributed by atoms with E-state index >= 15 is 0 Å².